The number of hydrogen-bond acceptors (Lipinski definition) is 5. The van der Waals surface area contributed by atoms with Crippen LogP contribution in [0, 0.1) is 0 Å². The van der Waals surface area contributed by atoms with E-state index in [0.717, 1.165) is 30.0 Å². The van der Waals surface area contributed by atoms with Crippen LogP contribution in [0.3, 0.4) is 0 Å². The molecule has 6 nitrogen and oxygen atoms in total. The molecule has 6 heteroatoms. The molecule has 0 spiro atoms. The third-order valence-corrected chi connectivity index (χ3v) is 2.98. The van der Waals surface area contributed by atoms with E-state index in [9.17, 15) is 0 Å². The van der Waals surface area contributed by atoms with Crippen molar-refractivity contribution in [3.05, 3.63) is 35.9 Å². The molecular formula is C13H19N5O. The maximum atomic E-state index is 5.39. The Bertz CT molecular complexity index is 511. The van der Waals surface area contributed by atoms with Gasteiger partial charge in [-0.3, -0.25) is 4.68 Å². The second-order valence-electron chi connectivity index (χ2n) is 4.28. The lowest BCUT2D eigenvalue weighted by atomic mass is 10.1. The molecule has 0 aliphatic carbocycles. The summed E-state index contributed by atoms with van der Waals surface area (Å²) in [6, 6.07) is 1.95. The minimum absolute atomic E-state index is 0.00194. The average molecular weight is 261 g/mol. The number of nitrogens with zero attached hydrogens (tertiary/aromatic N) is 4. The lowest BCUT2D eigenvalue weighted by molar-refractivity contribution is 0.400. The fourth-order valence-electron chi connectivity index (χ4n) is 2.05. The van der Waals surface area contributed by atoms with Crippen molar-refractivity contribution < 1.29 is 4.74 Å². The zero-order valence-electron chi connectivity index (χ0n) is 11.5. The molecule has 2 aromatic rings. The van der Waals surface area contributed by atoms with Crippen molar-refractivity contribution in [1.29, 1.82) is 0 Å². The predicted molar refractivity (Wildman–Crippen MR) is 71.9 cm³/mol. The molecule has 1 unspecified atom stereocenters. The summed E-state index contributed by atoms with van der Waals surface area (Å²) in [5.74, 6) is 0.771. The molecule has 0 aromatic carbocycles. The minimum Gasteiger partial charge on any atom is -0.493 e. The first-order valence-electron chi connectivity index (χ1n) is 6.33. The second kappa shape index (κ2) is 6.29. The number of hydrogen-bond donors (Lipinski definition) is 1. The first kappa shape index (κ1) is 13.5. The van der Waals surface area contributed by atoms with Crippen molar-refractivity contribution in [3.63, 3.8) is 0 Å². The number of aryl methyl sites for hydroxylation is 1. The fourth-order valence-corrected chi connectivity index (χ4v) is 2.05. The van der Waals surface area contributed by atoms with Crippen LogP contribution >= 0.6 is 0 Å². The van der Waals surface area contributed by atoms with E-state index in [1.54, 1.807) is 25.7 Å². The maximum Gasteiger partial charge on any atom is 0.161 e. The van der Waals surface area contributed by atoms with Crippen LogP contribution in [0.5, 0.6) is 5.75 Å². The van der Waals surface area contributed by atoms with Crippen LogP contribution in [0.4, 0.5) is 0 Å². The average Bonchev–Trinajstić information content (AvgIpc) is 2.82. The van der Waals surface area contributed by atoms with Gasteiger partial charge in [-0.15, -0.1) is 0 Å². The Labute approximate surface area is 112 Å². The molecule has 0 saturated carbocycles. The second-order valence-corrected chi connectivity index (χ2v) is 4.28. The van der Waals surface area contributed by atoms with Crippen LogP contribution in [-0.2, 0) is 7.05 Å². The molecule has 102 valence electrons. The number of aromatic nitrogens is 4. The highest BCUT2D eigenvalue weighted by Gasteiger charge is 2.22. The van der Waals surface area contributed by atoms with Gasteiger partial charge in [0, 0.05) is 13.2 Å². The Balaban J connectivity index is 2.40. The topological polar surface area (TPSA) is 64.9 Å². The standard InChI is InChI=1S/C13H19N5O/c1-4-6-14-12(10-5-7-15-16-8-10)13-11(19-3)9-17-18(13)2/h5,7-9,12,14H,4,6H2,1-3H3. The van der Waals surface area contributed by atoms with Crippen molar-refractivity contribution >= 4 is 0 Å². The van der Waals surface area contributed by atoms with Crippen LogP contribution < -0.4 is 10.1 Å². The predicted octanol–water partition coefficient (Wildman–Crippen LogP) is 1.31. The molecule has 0 saturated heterocycles. The van der Waals surface area contributed by atoms with E-state index in [0.29, 0.717) is 0 Å². The van der Waals surface area contributed by atoms with E-state index >= 15 is 0 Å². The minimum atomic E-state index is -0.00194. The molecular weight excluding hydrogens is 242 g/mol. The van der Waals surface area contributed by atoms with E-state index < -0.39 is 0 Å². The van der Waals surface area contributed by atoms with E-state index in [1.807, 2.05) is 17.8 Å². The van der Waals surface area contributed by atoms with Crippen LogP contribution in [0.25, 0.3) is 0 Å². The summed E-state index contributed by atoms with van der Waals surface area (Å²) in [5.41, 5.74) is 2.04. The lowest BCUT2D eigenvalue weighted by Crippen LogP contribution is -2.26. The Hall–Kier alpha value is -1.95. The largest absolute Gasteiger partial charge is 0.493 e. The molecule has 19 heavy (non-hydrogen) atoms. The van der Waals surface area contributed by atoms with Crippen LogP contribution in [-0.4, -0.2) is 33.6 Å². The summed E-state index contributed by atoms with van der Waals surface area (Å²) >= 11 is 0. The number of ether oxygens (including phenoxy) is 1. The van der Waals surface area contributed by atoms with Crippen LogP contribution in [0.2, 0.25) is 0 Å². The summed E-state index contributed by atoms with van der Waals surface area (Å²) in [6.07, 6.45) is 6.23. The van der Waals surface area contributed by atoms with Crippen molar-refractivity contribution in [1.82, 2.24) is 25.3 Å². The smallest absolute Gasteiger partial charge is 0.161 e. The molecule has 0 aliphatic rings. The molecule has 0 radical (unpaired) electrons. The van der Waals surface area contributed by atoms with Crippen molar-refractivity contribution in [3.8, 4) is 5.75 Å². The third kappa shape index (κ3) is 2.90. The Morgan fingerprint density at radius 3 is 2.84 bits per heavy atom. The van der Waals surface area contributed by atoms with Crippen LogP contribution in [0.15, 0.2) is 24.7 Å². The van der Waals surface area contributed by atoms with Crippen LogP contribution in [0.1, 0.15) is 30.6 Å². The van der Waals surface area contributed by atoms with Gasteiger partial charge in [-0.1, -0.05) is 6.92 Å². The van der Waals surface area contributed by atoms with Crippen molar-refractivity contribution in [2.24, 2.45) is 7.05 Å². The first-order valence-corrected chi connectivity index (χ1v) is 6.33. The molecule has 0 aliphatic heterocycles. The van der Waals surface area contributed by atoms with Gasteiger partial charge in [0.15, 0.2) is 5.75 Å². The zero-order valence-corrected chi connectivity index (χ0v) is 11.5. The van der Waals surface area contributed by atoms with Gasteiger partial charge in [0.1, 0.15) is 5.69 Å². The fraction of sp³-hybridized carbons (Fsp3) is 0.462. The normalized spacial score (nSPS) is 12.4. The Morgan fingerprint density at radius 1 is 1.37 bits per heavy atom. The monoisotopic (exact) mass is 261 g/mol. The van der Waals surface area contributed by atoms with Gasteiger partial charge >= 0.3 is 0 Å². The molecule has 2 aromatic heterocycles. The Kier molecular flexibility index (Phi) is 4.46. The lowest BCUT2D eigenvalue weighted by Gasteiger charge is -2.20. The number of methoxy groups -OCH3 is 1. The van der Waals surface area contributed by atoms with Crippen molar-refractivity contribution in [2.75, 3.05) is 13.7 Å². The van der Waals surface area contributed by atoms with Gasteiger partial charge in [0.25, 0.3) is 0 Å². The number of nitrogens with one attached hydrogen (secondary N) is 1. The summed E-state index contributed by atoms with van der Waals surface area (Å²) in [7, 11) is 3.56. The van der Waals surface area contributed by atoms with Gasteiger partial charge in [-0.25, -0.2) is 0 Å². The maximum absolute atomic E-state index is 5.39. The molecule has 2 rings (SSSR count). The highest BCUT2D eigenvalue weighted by atomic mass is 16.5. The summed E-state index contributed by atoms with van der Waals surface area (Å²) < 4.78 is 7.22. The van der Waals surface area contributed by atoms with E-state index in [-0.39, 0.29) is 6.04 Å². The number of rotatable bonds is 6. The molecule has 0 amide bonds. The molecule has 2 heterocycles. The van der Waals surface area contributed by atoms with Gasteiger partial charge in [-0.05, 0) is 24.6 Å². The molecule has 0 fully saturated rings. The van der Waals surface area contributed by atoms with E-state index in [1.165, 1.54) is 0 Å². The summed E-state index contributed by atoms with van der Waals surface area (Å²) in [4.78, 5) is 0. The third-order valence-electron chi connectivity index (χ3n) is 2.98. The molecule has 1 atom stereocenters. The van der Waals surface area contributed by atoms with E-state index in [2.05, 4.69) is 27.5 Å². The SMILES string of the molecule is CCCNC(c1ccnnc1)c1c(OC)cnn1C. The van der Waals surface area contributed by atoms with Gasteiger partial charge in [-0.2, -0.15) is 15.3 Å². The van der Waals surface area contributed by atoms with E-state index in [4.69, 9.17) is 4.74 Å². The quantitative estimate of drug-likeness (QED) is 0.849. The van der Waals surface area contributed by atoms with Gasteiger partial charge < -0.3 is 10.1 Å². The molecule has 1 N–H and O–H groups in total. The summed E-state index contributed by atoms with van der Waals surface area (Å²) in [6.45, 7) is 3.04. The van der Waals surface area contributed by atoms with Crippen molar-refractivity contribution in [2.45, 2.75) is 19.4 Å². The summed E-state index contributed by atoms with van der Waals surface area (Å²) in [5, 5.41) is 15.5. The highest BCUT2D eigenvalue weighted by molar-refractivity contribution is 5.34. The highest BCUT2D eigenvalue weighted by Crippen LogP contribution is 2.28. The van der Waals surface area contributed by atoms with Gasteiger partial charge in [0.05, 0.1) is 25.5 Å². The molecule has 0 bridgehead atoms. The first-order chi connectivity index (χ1) is 9.27. The zero-order chi connectivity index (χ0) is 13.7. The van der Waals surface area contributed by atoms with Gasteiger partial charge in [0.2, 0.25) is 0 Å². The Morgan fingerprint density at radius 2 is 2.21 bits per heavy atom.